The van der Waals surface area contributed by atoms with Crippen molar-refractivity contribution in [3.63, 3.8) is 0 Å². The first-order chi connectivity index (χ1) is 14.0. The van der Waals surface area contributed by atoms with Crippen LogP contribution in [-0.4, -0.2) is 51.0 Å². The average Bonchev–Trinajstić information content (AvgIpc) is 3.33. The number of anilines is 2. The Kier molecular flexibility index (Phi) is 4.98. The number of amides is 1. The average molecular weight is 398 g/mol. The van der Waals surface area contributed by atoms with E-state index in [2.05, 4.69) is 20.4 Å². The van der Waals surface area contributed by atoms with Crippen LogP contribution in [-0.2, 0) is 11.4 Å². The van der Waals surface area contributed by atoms with Crippen molar-refractivity contribution in [3.05, 3.63) is 48.2 Å². The first kappa shape index (κ1) is 18.7. The van der Waals surface area contributed by atoms with E-state index in [1.807, 2.05) is 31.3 Å². The standard InChI is InChI=1S/C19H19FN6O3/c1-12-5-13(14-8-22-26(10-14)11-25-3-4-29-19(25)27)7-15(6-12)23-18-21-9-16(20)17(24-18)28-2/h5-10H,3-4,11H2,1-2H3,(H,21,23,24). The normalized spacial score (nSPS) is 13.5. The molecule has 0 unspecified atom stereocenters. The lowest BCUT2D eigenvalue weighted by Crippen LogP contribution is -2.27. The van der Waals surface area contributed by atoms with Crippen LogP contribution >= 0.6 is 0 Å². The van der Waals surface area contributed by atoms with Crippen LogP contribution in [0.3, 0.4) is 0 Å². The quantitative estimate of drug-likeness (QED) is 0.682. The van der Waals surface area contributed by atoms with E-state index in [0.29, 0.717) is 19.8 Å². The highest BCUT2D eigenvalue weighted by molar-refractivity contribution is 5.70. The van der Waals surface area contributed by atoms with E-state index in [1.165, 1.54) is 7.11 Å². The zero-order chi connectivity index (χ0) is 20.4. The Morgan fingerprint density at radius 2 is 2.14 bits per heavy atom. The number of nitrogens with zero attached hydrogens (tertiary/aromatic N) is 5. The van der Waals surface area contributed by atoms with E-state index in [9.17, 15) is 9.18 Å². The fourth-order valence-electron chi connectivity index (χ4n) is 3.02. The van der Waals surface area contributed by atoms with Gasteiger partial charge in [0.1, 0.15) is 13.3 Å². The lowest BCUT2D eigenvalue weighted by atomic mass is 10.1. The smallest absolute Gasteiger partial charge is 0.411 e. The zero-order valence-electron chi connectivity index (χ0n) is 15.9. The summed E-state index contributed by atoms with van der Waals surface area (Å²) in [5.74, 6) is -0.530. The number of carbonyl (C=O) groups is 1. The number of ether oxygens (including phenoxy) is 2. The molecule has 0 saturated carbocycles. The molecule has 3 aromatic rings. The number of halogens is 1. The summed E-state index contributed by atoms with van der Waals surface area (Å²) in [6.45, 7) is 3.24. The van der Waals surface area contributed by atoms with Gasteiger partial charge in [-0.15, -0.1) is 0 Å². The van der Waals surface area contributed by atoms with Crippen LogP contribution in [0.25, 0.3) is 11.1 Å². The number of hydrogen-bond acceptors (Lipinski definition) is 7. The van der Waals surface area contributed by atoms with Gasteiger partial charge in [-0.2, -0.15) is 14.5 Å². The van der Waals surface area contributed by atoms with Crippen molar-refractivity contribution in [2.75, 3.05) is 25.6 Å². The molecule has 150 valence electrons. The number of aromatic nitrogens is 4. The fourth-order valence-corrected chi connectivity index (χ4v) is 3.02. The number of methoxy groups -OCH3 is 1. The van der Waals surface area contributed by atoms with Crippen LogP contribution in [0, 0.1) is 12.7 Å². The first-order valence-electron chi connectivity index (χ1n) is 8.91. The number of aryl methyl sites for hydroxylation is 1. The van der Waals surface area contributed by atoms with Crippen molar-refractivity contribution in [3.8, 4) is 17.0 Å². The van der Waals surface area contributed by atoms with Gasteiger partial charge in [-0.3, -0.25) is 9.58 Å². The topological polar surface area (TPSA) is 94.4 Å². The van der Waals surface area contributed by atoms with Crippen molar-refractivity contribution in [1.29, 1.82) is 0 Å². The van der Waals surface area contributed by atoms with Crippen LogP contribution in [0.15, 0.2) is 36.8 Å². The van der Waals surface area contributed by atoms with Crippen molar-refractivity contribution < 1.29 is 18.7 Å². The second kappa shape index (κ2) is 7.74. The van der Waals surface area contributed by atoms with E-state index < -0.39 is 5.82 Å². The highest BCUT2D eigenvalue weighted by Gasteiger charge is 2.22. The molecule has 1 fully saturated rings. The molecule has 0 spiro atoms. The Bertz CT molecular complexity index is 1050. The summed E-state index contributed by atoms with van der Waals surface area (Å²) < 4.78 is 25.0. The minimum atomic E-state index is -0.628. The molecule has 1 saturated heterocycles. The molecule has 0 atom stereocenters. The maximum atomic E-state index is 13.5. The van der Waals surface area contributed by atoms with Crippen molar-refractivity contribution in [2.45, 2.75) is 13.6 Å². The Hall–Kier alpha value is -3.69. The molecular formula is C19H19FN6O3. The van der Waals surface area contributed by atoms with Crippen molar-refractivity contribution >= 4 is 17.7 Å². The Morgan fingerprint density at radius 3 is 2.90 bits per heavy atom. The molecule has 3 heterocycles. The molecule has 0 bridgehead atoms. The van der Waals surface area contributed by atoms with Crippen molar-refractivity contribution in [1.82, 2.24) is 24.6 Å². The highest BCUT2D eigenvalue weighted by atomic mass is 19.1. The molecule has 1 N–H and O–H groups in total. The Morgan fingerprint density at radius 1 is 1.28 bits per heavy atom. The zero-order valence-corrected chi connectivity index (χ0v) is 15.9. The monoisotopic (exact) mass is 398 g/mol. The third kappa shape index (κ3) is 4.10. The van der Waals surface area contributed by atoms with E-state index in [0.717, 1.165) is 28.6 Å². The molecule has 4 rings (SSSR count). The highest BCUT2D eigenvalue weighted by Crippen LogP contribution is 2.26. The molecule has 1 aliphatic heterocycles. The molecule has 2 aromatic heterocycles. The minimum absolute atomic E-state index is 0.128. The molecule has 1 aromatic carbocycles. The maximum absolute atomic E-state index is 13.5. The van der Waals surface area contributed by atoms with Gasteiger partial charge in [-0.05, 0) is 30.2 Å². The third-order valence-corrected chi connectivity index (χ3v) is 4.37. The summed E-state index contributed by atoms with van der Waals surface area (Å²) in [4.78, 5) is 21.1. The number of nitrogens with one attached hydrogen (secondary N) is 1. The van der Waals surface area contributed by atoms with Gasteiger partial charge in [-0.25, -0.2) is 9.78 Å². The Labute approximate surface area is 166 Å². The molecule has 1 amide bonds. The number of benzene rings is 1. The molecule has 1 aliphatic rings. The summed E-state index contributed by atoms with van der Waals surface area (Å²) in [6, 6.07) is 5.85. The van der Waals surface area contributed by atoms with Gasteiger partial charge in [0, 0.05) is 17.4 Å². The number of carbonyl (C=O) groups excluding carboxylic acids is 1. The predicted molar refractivity (Wildman–Crippen MR) is 102 cm³/mol. The summed E-state index contributed by atoms with van der Waals surface area (Å²) >= 11 is 0. The SMILES string of the molecule is COc1nc(Nc2cc(C)cc(-c3cnn(CN4CCOC4=O)c3)c2)ncc1F. The molecule has 10 heteroatoms. The van der Waals surface area contributed by atoms with Gasteiger partial charge < -0.3 is 14.8 Å². The fraction of sp³-hybridized carbons (Fsp3) is 0.263. The van der Waals surface area contributed by atoms with Crippen molar-refractivity contribution in [2.24, 2.45) is 0 Å². The van der Waals surface area contributed by atoms with Gasteiger partial charge in [0.15, 0.2) is 0 Å². The van der Waals surface area contributed by atoms with Crippen LogP contribution in [0.4, 0.5) is 20.8 Å². The lowest BCUT2D eigenvalue weighted by Gasteiger charge is -2.12. The largest absolute Gasteiger partial charge is 0.479 e. The number of hydrogen-bond donors (Lipinski definition) is 1. The lowest BCUT2D eigenvalue weighted by molar-refractivity contribution is 0.150. The van der Waals surface area contributed by atoms with Gasteiger partial charge in [0.25, 0.3) is 5.88 Å². The van der Waals surface area contributed by atoms with Crippen LogP contribution in [0.1, 0.15) is 5.56 Å². The minimum Gasteiger partial charge on any atom is -0.479 e. The van der Waals surface area contributed by atoms with Gasteiger partial charge in [0.05, 0.1) is 26.0 Å². The van der Waals surface area contributed by atoms with Crippen LogP contribution < -0.4 is 10.1 Å². The van der Waals surface area contributed by atoms with E-state index >= 15 is 0 Å². The summed E-state index contributed by atoms with van der Waals surface area (Å²) in [5.41, 5.74) is 3.57. The van der Waals surface area contributed by atoms with Gasteiger partial charge >= 0.3 is 6.09 Å². The molecular weight excluding hydrogens is 379 g/mol. The third-order valence-electron chi connectivity index (χ3n) is 4.37. The second-order valence-corrected chi connectivity index (χ2v) is 6.55. The predicted octanol–water partition coefficient (Wildman–Crippen LogP) is 2.95. The molecule has 0 radical (unpaired) electrons. The summed E-state index contributed by atoms with van der Waals surface area (Å²) in [7, 11) is 1.35. The molecule has 0 aliphatic carbocycles. The van der Waals surface area contributed by atoms with Gasteiger partial charge in [-0.1, -0.05) is 6.07 Å². The summed E-state index contributed by atoms with van der Waals surface area (Å²) in [5, 5.41) is 7.39. The Balaban J connectivity index is 1.55. The van der Waals surface area contributed by atoms with Crippen LogP contribution in [0.2, 0.25) is 0 Å². The first-order valence-corrected chi connectivity index (χ1v) is 8.91. The maximum Gasteiger partial charge on any atom is 0.411 e. The van der Waals surface area contributed by atoms with Gasteiger partial charge in [0.2, 0.25) is 11.8 Å². The second-order valence-electron chi connectivity index (χ2n) is 6.55. The van der Waals surface area contributed by atoms with Crippen LogP contribution in [0.5, 0.6) is 5.88 Å². The van der Waals surface area contributed by atoms with E-state index in [1.54, 1.807) is 15.8 Å². The number of cyclic esters (lactones) is 1. The molecule has 9 nitrogen and oxygen atoms in total. The summed E-state index contributed by atoms with van der Waals surface area (Å²) in [6.07, 6.45) is 4.32. The molecule has 29 heavy (non-hydrogen) atoms. The number of rotatable bonds is 6. The van der Waals surface area contributed by atoms with E-state index in [-0.39, 0.29) is 17.9 Å². The van der Waals surface area contributed by atoms with E-state index in [4.69, 9.17) is 9.47 Å².